The van der Waals surface area contributed by atoms with Crippen LogP contribution in [0.1, 0.15) is 92.4 Å². The zero-order valence-corrected chi connectivity index (χ0v) is 35.1. The summed E-state index contributed by atoms with van der Waals surface area (Å²) >= 11 is 6.53. The molecule has 1 N–H and O–H groups in total. The number of ketones is 1. The van der Waals surface area contributed by atoms with Gasteiger partial charge >= 0.3 is 12.1 Å². The summed E-state index contributed by atoms with van der Waals surface area (Å²) in [7, 11) is -2.57. The van der Waals surface area contributed by atoms with Gasteiger partial charge in [-0.3, -0.25) is 23.9 Å². The van der Waals surface area contributed by atoms with E-state index in [1.165, 1.54) is 18.2 Å². The number of Topliss-reactive ketones (excluding diaryl/α,β-unsaturated/α-hetero) is 1. The lowest BCUT2D eigenvalue weighted by molar-refractivity contribution is -0.257. The first-order chi connectivity index (χ1) is 27.0. The number of sulfonamides is 1. The normalized spacial score (nSPS) is 29.7. The molecular weight excluding hydrogens is 803 g/mol. The predicted molar refractivity (Wildman–Crippen MR) is 208 cm³/mol. The molecule has 3 heterocycles. The third kappa shape index (κ3) is 8.69. The van der Waals surface area contributed by atoms with Crippen LogP contribution in [0.5, 0.6) is 11.6 Å². The molecule has 17 heteroatoms. The van der Waals surface area contributed by atoms with E-state index >= 15 is 0 Å². The predicted octanol–water partition coefficient (Wildman–Crippen LogP) is 7.11. The van der Waals surface area contributed by atoms with Gasteiger partial charge in [0.05, 0.1) is 53.4 Å². The summed E-state index contributed by atoms with van der Waals surface area (Å²) < 4.78 is 85.7. The van der Waals surface area contributed by atoms with Gasteiger partial charge in [-0.05, 0) is 89.2 Å². The number of rotatable bonds is 9. The number of halogens is 4. The number of alkyl halides is 3. The minimum Gasteiger partial charge on any atom is -0.494 e. The summed E-state index contributed by atoms with van der Waals surface area (Å²) in [6, 6.07) is 3.90. The molecule has 2 saturated carbocycles. The van der Waals surface area contributed by atoms with Crippen molar-refractivity contribution in [3.63, 3.8) is 0 Å². The molecule has 12 nitrogen and oxygen atoms in total. The number of benzene rings is 1. The summed E-state index contributed by atoms with van der Waals surface area (Å²) in [6.45, 7) is 6.58. The number of amides is 2. The van der Waals surface area contributed by atoms with E-state index in [0.717, 1.165) is 13.8 Å². The highest BCUT2D eigenvalue weighted by molar-refractivity contribution is 7.91. The Morgan fingerprint density at radius 2 is 1.83 bits per heavy atom. The summed E-state index contributed by atoms with van der Waals surface area (Å²) in [5.74, 6) is -4.77. The number of nitrogens with one attached hydrogen (secondary N) is 1. The Balaban J connectivity index is 1.36. The van der Waals surface area contributed by atoms with Crippen LogP contribution in [0.4, 0.5) is 13.2 Å². The minimum absolute atomic E-state index is 0.00717. The molecule has 2 amide bonds. The molecule has 0 radical (unpaired) electrons. The number of hydrogen-bond donors (Lipinski definition) is 1. The van der Waals surface area contributed by atoms with E-state index in [9.17, 15) is 40.8 Å². The van der Waals surface area contributed by atoms with Crippen LogP contribution in [0, 0.1) is 29.1 Å². The highest BCUT2D eigenvalue weighted by atomic mass is 35.5. The molecule has 2 aromatic rings. The Kier molecular flexibility index (Phi) is 12.0. The second kappa shape index (κ2) is 15.9. The van der Waals surface area contributed by atoms with Gasteiger partial charge in [0.2, 0.25) is 33.3 Å². The summed E-state index contributed by atoms with van der Waals surface area (Å²) in [5, 5.41) is 1.39. The van der Waals surface area contributed by atoms with Crippen molar-refractivity contribution in [2.75, 3.05) is 13.7 Å². The van der Waals surface area contributed by atoms with E-state index in [2.05, 4.69) is 9.71 Å². The molecule has 6 rings (SSSR count). The van der Waals surface area contributed by atoms with Crippen molar-refractivity contribution >= 4 is 56.0 Å². The molecule has 0 unspecified atom stereocenters. The van der Waals surface area contributed by atoms with E-state index in [1.807, 2.05) is 19.1 Å². The average molecular weight is 854 g/mol. The molecule has 0 bridgehead atoms. The van der Waals surface area contributed by atoms with Gasteiger partial charge in [-0.1, -0.05) is 43.7 Å². The maximum atomic E-state index is 14.8. The monoisotopic (exact) mass is 853 g/mol. The topological polar surface area (TPSA) is 158 Å². The number of hydrogen-bond acceptors (Lipinski definition) is 10. The van der Waals surface area contributed by atoms with Crippen molar-refractivity contribution in [1.82, 2.24) is 14.6 Å². The first-order valence-electron chi connectivity index (χ1n) is 19.7. The third-order valence-electron chi connectivity index (χ3n) is 12.5. The molecule has 2 aliphatic carbocycles. The molecule has 3 fully saturated rings. The smallest absolute Gasteiger partial charge is 0.427 e. The Labute approximate surface area is 341 Å². The van der Waals surface area contributed by atoms with Gasteiger partial charge in [-0.25, -0.2) is 13.4 Å². The van der Waals surface area contributed by atoms with Crippen molar-refractivity contribution in [2.24, 2.45) is 29.1 Å². The maximum Gasteiger partial charge on any atom is 0.427 e. The summed E-state index contributed by atoms with van der Waals surface area (Å²) in [4.78, 5) is 62.4. The first kappa shape index (κ1) is 43.7. The average Bonchev–Trinajstić information content (AvgIpc) is 4.01. The largest absolute Gasteiger partial charge is 0.494 e. The molecule has 58 heavy (non-hydrogen) atoms. The molecular formula is C41H51ClF3N3O9S. The fourth-order valence-corrected chi connectivity index (χ4v) is 9.86. The van der Waals surface area contributed by atoms with Crippen LogP contribution < -0.4 is 14.2 Å². The molecule has 7 atom stereocenters. The zero-order chi connectivity index (χ0) is 42.6. The van der Waals surface area contributed by atoms with E-state index in [0.29, 0.717) is 53.6 Å². The molecule has 2 aliphatic heterocycles. The molecule has 1 aromatic carbocycles. The lowest BCUT2D eigenvalue weighted by atomic mass is 9.82. The van der Waals surface area contributed by atoms with E-state index < -0.39 is 91.8 Å². The second-order valence-electron chi connectivity index (χ2n) is 17.4. The number of nitrogens with zero attached hydrogens (tertiary/aromatic N) is 2. The number of carbonyl (C=O) groups is 4. The Hall–Kier alpha value is -3.92. The number of aromatic nitrogens is 1. The van der Waals surface area contributed by atoms with Gasteiger partial charge in [-0.15, -0.1) is 0 Å². The molecule has 4 aliphatic rings. The van der Waals surface area contributed by atoms with Crippen molar-refractivity contribution in [1.29, 1.82) is 0 Å². The van der Waals surface area contributed by atoms with Crippen molar-refractivity contribution in [3.05, 3.63) is 41.6 Å². The quantitative estimate of drug-likeness (QED) is 0.204. The Morgan fingerprint density at radius 3 is 2.48 bits per heavy atom. The summed E-state index contributed by atoms with van der Waals surface area (Å²) in [5.41, 5.74) is -4.21. The number of allylic oxidation sites excluding steroid dienone is 2. The number of carbonyl (C=O) groups excluding carboxylic acids is 4. The number of ether oxygens (including phenoxy) is 3. The van der Waals surface area contributed by atoms with Crippen LogP contribution in [0.3, 0.4) is 0 Å². The van der Waals surface area contributed by atoms with Crippen molar-refractivity contribution < 1.29 is 55.0 Å². The maximum absolute atomic E-state index is 14.8. The highest BCUT2D eigenvalue weighted by Gasteiger charge is 2.63. The second-order valence-corrected chi connectivity index (χ2v) is 20.0. The van der Waals surface area contributed by atoms with Crippen LogP contribution in [0.25, 0.3) is 10.8 Å². The zero-order valence-electron chi connectivity index (χ0n) is 33.5. The first-order valence-corrected chi connectivity index (χ1v) is 21.5. The van der Waals surface area contributed by atoms with Gasteiger partial charge in [0, 0.05) is 23.6 Å². The molecule has 0 spiro atoms. The number of pyridine rings is 1. The summed E-state index contributed by atoms with van der Waals surface area (Å²) in [6.07, 6.45) is 1.02. The fourth-order valence-electron chi connectivity index (χ4n) is 8.26. The molecule has 1 saturated heterocycles. The van der Waals surface area contributed by atoms with Crippen molar-refractivity contribution in [3.8, 4) is 11.6 Å². The van der Waals surface area contributed by atoms with Gasteiger partial charge in [0.25, 0.3) is 0 Å². The van der Waals surface area contributed by atoms with Crippen LogP contribution in [-0.2, 0) is 33.9 Å². The number of fused-ring (bicyclic) bond motifs is 3. The third-order valence-corrected chi connectivity index (χ3v) is 15.0. The van der Waals surface area contributed by atoms with Crippen molar-refractivity contribution in [2.45, 2.75) is 121 Å². The van der Waals surface area contributed by atoms with Crippen LogP contribution >= 0.6 is 11.6 Å². The standard InChI is InChI=1S/C41H51ClF3N3O9S/c1-23-10-7-8-11-25-19-40(25,37(52)47-58(53,54)39(5)14-15-39)20-31(49)30-17-26(56-35-27-12-9-13-29(42)34(27)32(55-6)21-46-35)22-48(30)36(51)28(24(2)16-23)18-33(50)57-38(3,4)41(43,44)45/h8-9,11-13,21,23-26,28,30H,7,10,14-20,22H2,1-6H3,(H,47,52)/b11-8-/t23-,24-,25-,26-,28+,30+,40-/m1/s1. The van der Waals surface area contributed by atoms with Crippen LogP contribution in [0.15, 0.2) is 36.5 Å². The van der Waals surface area contributed by atoms with Gasteiger partial charge in [0.15, 0.2) is 5.78 Å². The Bertz CT molecular complexity index is 2110. The number of methoxy groups -OCH3 is 1. The molecule has 318 valence electrons. The fraction of sp³-hybridized carbons (Fsp3) is 0.634. The van der Waals surface area contributed by atoms with E-state index in [-0.39, 0.29) is 37.6 Å². The van der Waals surface area contributed by atoms with Gasteiger partial charge < -0.3 is 19.1 Å². The van der Waals surface area contributed by atoms with Gasteiger partial charge in [0.1, 0.15) is 11.9 Å². The highest BCUT2D eigenvalue weighted by Crippen LogP contribution is 2.58. The lowest BCUT2D eigenvalue weighted by Gasteiger charge is -2.33. The Morgan fingerprint density at radius 1 is 1.12 bits per heavy atom. The van der Waals surface area contributed by atoms with Crippen LogP contribution in [-0.4, -0.2) is 84.2 Å². The van der Waals surface area contributed by atoms with E-state index in [4.69, 9.17) is 25.8 Å². The minimum atomic E-state index is -4.87. The SMILES string of the molecule is COc1cnc(O[C@@H]2C[C@H]3C(=O)C[C@]4(C(=O)NS(=O)(=O)C5(C)CC5)C[C@H]4/C=C\CC[C@@H](C)C[C@@H](C)[C@H](CC(=O)OC(C)(C)C(F)(F)F)C(=O)N3C2)c2cccc(Cl)c12. The molecule has 1 aromatic heterocycles. The lowest BCUT2D eigenvalue weighted by Crippen LogP contribution is -2.48. The van der Waals surface area contributed by atoms with Crippen LogP contribution in [0.2, 0.25) is 5.02 Å². The number of esters is 1. The van der Waals surface area contributed by atoms with E-state index in [1.54, 1.807) is 32.0 Å². The van der Waals surface area contributed by atoms with Gasteiger partial charge in [-0.2, -0.15) is 13.2 Å².